The van der Waals surface area contributed by atoms with Crippen molar-refractivity contribution in [3.63, 3.8) is 0 Å². The molecule has 9 aliphatic rings. The molecule has 6 bridgehead atoms. The predicted octanol–water partition coefficient (Wildman–Crippen LogP) is 10.8. The minimum atomic E-state index is -3.57. The Morgan fingerprint density at radius 1 is 0.469 bits per heavy atom. The number of halogens is 2. The summed E-state index contributed by atoms with van der Waals surface area (Å²) in [4.78, 5) is 159. The van der Waals surface area contributed by atoms with Crippen molar-refractivity contribution in [3.05, 3.63) is 194 Å². The van der Waals surface area contributed by atoms with Crippen LogP contribution in [0.4, 0.5) is 0 Å². The molecular formula is C93H98Br2N18O13S2. The third-order valence-electron chi connectivity index (χ3n) is 26.9. The van der Waals surface area contributed by atoms with Crippen LogP contribution in [0, 0.1) is 30.1 Å². The molecule has 6 fully saturated rings. The Bertz CT molecular complexity index is 6590. The number of rotatable bonds is 10. The first-order valence-electron chi connectivity index (χ1n) is 43.2. The average molecular weight is 1900 g/mol. The van der Waals surface area contributed by atoms with Gasteiger partial charge in [-0.25, -0.2) is 41.1 Å². The molecule has 6 aliphatic heterocycles. The Kier molecular flexibility index (Phi) is 24.6. The SMILES string of the molecule is CC(=O)c1nn(CC(=O)N2[C@H]3C[C@@]4(CCS(=O)(=O)CCC=Cc5ccc(C)nc5CC3=O)C[C@@H]24)c2cnccc12.CC(=O)c1nn(CC(=O)N2[C@H]3C[C@]4(C[C@@H]24)CN(C)CCCCC=Cc2ccc(Br)nc2CC3=O)c2cnccc12.CC(=O)c1nn(CC(=O)N2[C@H]3C[C@]4(C[C@@H]24)CN(C)S(=O)(=O)CCC=Cc2ccc(Br)nc2CC3=O)c2ccc(-c3cnc(C)nc3)cc12. The summed E-state index contributed by atoms with van der Waals surface area (Å²) < 4.78 is 59.3. The van der Waals surface area contributed by atoms with Gasteiger partial charge in [-0.1, -0.05) is 60.7 Å². The van der Waals surface area contributed by atoms with Crippen molar-refractivity contribution in [1.82, 2.24) is 88.1 Å². The van der Waals surface area contributed by atoms with Gasteiger partial charge in [0.1, 0.15) is 51.7 Å². The largest absolute Gasteiger partial charge is 0.327 e. The number of piperidine rings is 3. The van der Waals surface area contributed by atoms with Gasteiger partial charge in [0, 0.05) is 122 Å². The number of carbonyl (C=O) groups is 9. The second-order valence-corrected chi connectivity index (χ2v) is 41.9. The molecular weight excluding hydrogens is 1800 g/mol. The number of nitrogens with zero attached hydrogens (tertiary/aromatic N) is 18. The topological polar surface area (TPSA) is 382 Å². The maximum Gasteiger partial charge on any atom is 0.245 e. The standard InChI is InChI=1S/C34H34BrN7O5S.C30H33BrN6O3.C29H31N5O5S/c1-20(43)33-25-12-23(24-16-36-21(2)37-17-24)7-9-27(25)41(39-33)18-32(45)42-28-14-34(15-30(34)42)19-40(3)48(46,47)11-5-4-6-22-8-10-31(35)38-26(22)13-29(28)44;1-19(38)29-21-10-11-32-16-24(21)36(34-29)17-28(40)37-23-14-30(15-26(30)37)18-35(2)12-6-4-3-5-7-20-8-9-27(31)33-22(20)13-25(23)39;1-18-6-7-20-5-3-4-11-40(38,39)12-9-29-14-23(25(36)13-22(20)31-18)34(26(29)15-29)27(37)17-33-24-16-30-10-8-21(24)28(32-33)19(2)35/h4,6-10,12,16-17,28,30H,5,11,13-15,18-19H2,1-3H3;5,7-11,16,23,26H,3-4,6,12-15,17-18H2,1-2H3;3,5-8,10,16,23,26H,4,9,11-15,17H2,1-2H3/t28-,30+,34-;23-,26+,30-;23-,26+,29-/m000/s1. The highest BCUT2D eigenvalue weighted by molar-refractivity contribution is 9.10. The van der Waals surface area contributed by atoms with E-state index in [2.05, 4.69) is 106 Å². The smallest absolute Gasteiger partial charge is 0.245 e. The predicted molar refractivity (Wildman–Crippen MR) is 485 cm³/mol. The summed E-state index contributed by atoms with van der Waals surface area (Å²) in [5, 5.41) is 15.3. The lowest BCUT2D eigenvalue weighted by Crippen LogP contribution is -2.45. The van der Waals surface area contributed by atoms with E-state index in [1.165, 1.54) is 34.4 Å². The molecule has 3 spiro atoms. The van der Waals surface area contributed by atoms with E-state index in [9.17, 15) is 60.0 Å². The number of amides is 3. The number of carbonyl (C=O) groups excluding carboxylic acids is 9. The van der Waals surface area contributed by atoms with Crippen LogP contribution in [-0.2, 0) is 87.5 Å². The van der Waals surface area contributed by atoms with E-state index in [0.29, 0.717) is 116 Å². The van der Waals surface area contributed by atoms with Crippen molar-refractivity contribution in [1.29, 1.82) is 0 Å². The highest BCUT2D eigenvalue weighted by Crippen LogP contribution is 2.64. The monoisotopic (exact) mass is 1900 g/mol. The summed E-state index contributed by atoms with van der Waals surface area (Å²) in [5.74, 6) is -0.939. The molecule has 0 unspecified atom stereocenters. The fourth-order valence-electron chi connectivity index (χ4n) is 20.2. The van der Waals surface area contributed by atoms with E-state index in [1.54, 1.807) is 96.0 Å². The number of aryl methyl sites for hydroxylation is 2. The Morgan fingerprint density at radius 3 is 1.43 bits per heavy atom. The minimum Gasteiger partial charge on any atom is -0.327 e. The number of ketones is 6. The molecule has 1 aromatic carbocycles. The number of hydrogen-bond donors (Lipinski definition) is 0. The maximum absolute atomic E-state index is 14.3. The number of aromatic nitrogens is 13. The molecule has 3 amide bonds. The summed E-state index contributed by atoms with van der Waals surface area (Å²) in [6.07, 6.45) is 29.5. The molecule has 3 saturated carbocycles. The first kappa shape index (κ1) is 88.9. The lowest BCUT2D eigenvalue weighted by molar-refractivity contribution is -0.139. The first-order valence-corrected chi connectivity index (χ1v) is 48.2. The van der Waals surface area contributed by atoms with E-state index in [0.717, 1.165) is 78.0 Å². The number of benzene rings is 1. The van der Waals surface area contributed by atoms with E-state index < -0.39 is 43.4 Å². The van der Waals surface area contributed by atoms with Crippen LogP contribution in [0.3, 0.4) is 0 Å². The summed E-state index contributed by atoms with van der Waals surface area (Å²) in [5.41, 5.74) is 8.36. The van der Waals surface area contributed by atoms with Gasteiger partial charge in [0.05, 0.1) is 101 Å². The molecule has 9 atom stereocenters. The molecule has 0 N–H and O–H groups in total. The molecule has 128 heavy (non-hydrogen) atoms. The molecule has 35 heteroatoms. The maximum atomic E-state index is 14.3. The fourth-order valence-corrected chi connectivity index (χ4v) is 23.5. The van der Waals surface area contributed by atoms with Crippen LogP contribution >= 0.6 is 31.9 Å². The highest BCUT2D eigenvalue weighted by atomic mass is 79.9. The van der Waals surface area contributed by atoms with E-state index >= 15 is 0 Å². The van der Waals surface area contributed by atoms with Crippen LogP contribution in [0.5, 0.6) is 0 Å². The van der Waals surface area contributed by atoms with Crippen molar-refractivity contribution < 1.29 is 60.0 Å². The van der Waals surface area contributed by atoms with E-state index in [1.807, 2.05) is 72.5 Å². The number of sulfone groups is 1. The zero-order valence-electron chi connectivity index (χ0n) is 72.1. The van der Waals surface area contributed by atoms with Crippen molar-refractivity contribution in [2.45, 2.75) is 187 Å². The fraction of sp³-hybridized carbons (Fsp3) is 0.430. The normalized spacial score (nSPS) is 24.9. The molecule has 31 nitrogen and oxygen atoms in total. The lowest BCUT2D eigenvalue weighted by atomic mass is 9.92. The quantitative estimate of drug-likeness (QED) is 0.0906. The van der Waals surface area contributed by atoms with Gasteiger partial charge < -0.3 is 19.6 Å². The molecule has 15 heterocycles. The van der Waals surface area contributed by atoms with Crippen LogP contribution < -0.4 is 0 Å². The average Bonchev–Trinajstić information content (AvgIpc) is 1.54. The second-order valence-electron chi connectivity index (χ2n) is 35.8. The van der Waals surface area contributed by atoms with Gasteiger partial charge in [-0.3, -0.25) is 72.1 Å². The van der Waals surface area contributed by atoms with E-state index in [-0.39, 0.29) is 155 Å². The number of hydrogen-bond acceptors (Lipinski definition) is 24. The van der Waals surface area contributed by atoms with Crippen LogP contribution in [0.25, 0.3) is 62.1 Å². The van der Waals surface area contributed by atoms with Gasteiger partial charge in [0.2, 0.25) is 27.7 Å². The van der Waals surface area contributed by atoms with E-state index in [4.69, 9.17) is 0 Å². The van der Waals surface area contributed by atoms with Gasteiger partial charge in [0.15, 0.2) is 44.5 Å². The Balaban J connectivity index is 0.000000136. The zero-order chi connectivity index (χ0) is 90.2. The van der Waals surface area contributed by atoms with Crippen molar-refractivity contribution in [2.24, 2.45) is 16.2 Å². The molecule has 9 aromatic heterocycles. The van der Waals surface area contributed by atoms with Crippen LogP contribution in [0.1, 0.15) is 175 Å². The number of fused-ring (bicyclic) bond motifs is 9. The number of sulfonamides is 1. The van der Waals surface area contributed by atoms with Gasteiger partial charge in [-0.2, -0.15) is 15.3 Å². The molecule has 3 aliphatic carbocycles. The molecule has 3 saturated heterocycles. The molecule has 0 radical (unpaired) electrons. The summed E-state index contributed by atoms with van der Waals surface area (Å²) >= 11 is 6.87. The van der Waals surface area contributed by atoms with Crippen molar-refractivity contribution in [2.75, 3.05) is 51.0 Å². The number of allylic oxidation sites excluding steroid dienone is 3. The number of pyridine rings is 5. The minimum absolute atomic E-state index is 0.00844. The Hall–Kier alpha value is -11.1. The lowest BCUT2D eigenvalue weighted by Gasteiger charge is -2.27. The summed E-state index contributed by atoms with van der Waals surface area (Å²) in [6.45, 7) is 9.68. The summed E-state index contributed by atoms with van der Waals surface area (Å²) in [6, 6.07) is 17.8. The highest BCUT2D eigenvalue weighted by Gasteiger charge is 2.70. The zero-order valence-corrected chi connectivity index (χ0v) is 76.9. The molecule has 10 aromatic rings. The second kappa shape index (κ2) is 35.4. The van der Waals surface area contributed by atoms with Crippen LogP contribution in [0.15, 0.2) is 131 Å². The number of Topliss-reactive ketones (excluding diaryl/α,β-unsaturated/α-hetero) is 6. The van der Waals surface area contributed by atoms with Gasteiger partial charge in [0.25, 0.3) is 0 Å². The third kappa shape index (κ3) is 18.1. The van der Waals surface area contributed by atoms with Crippen LogP contribution in [-0.4, -0.2) is 245 Å². The van der Waals surface area contributed by atoms with Crippen molar-refractivity contribution >= 4 is 155 Å². The van der Waals surface area contributed by atoms with Crippen LogP contribution in [0.2, 0.25) is 0 Å². The first-order chi connectivity index (χ1) is 61.2. The third-order valence-corrected chi connectivity index (χ3v) is 31.3. The van der Waals surface area contributed by atoms with Crippen molar-refractivity contribution in [3.8, 4) is 11.1 Å². The summed E-state index contributed by atoms with van der Waals surface area (Å²) in [7, 11) is -3.14. The Labute approximate surface area is 757 Å². The van der Waals surface area contributed by atoms with Gasteiger partial charge in [-0.15, -0.1) is 0 Å². The Morgan fingerprint density at radius 2 is 0.914 bits per heavy atom. The number of likely N-dealkylation sites (tertiary alicyclic amines) is 3. The van der Waals surface area contributed by atoms with Gasteiger partial charge >= 0.3 is 0 Å². The molecule has 19 rings (SSSR count). The molecule has 664 valence electrons. The van der Waals surface area contributed by atoms with Gasteiger partial charge in [-0.05, 0) is 206 Å².